The van der Waals surface area contributed by atoms with Gasteiger partial charge in [0.1, 0.15) is 12.1 Å². The van der Waals surface area contributed by atoms with Crippen LogP contribution < -0.4 is 5.32 Å². The van der Waals surface area contributed by atoms with Gasteiger partial charge >= 0.3 is 12.0 Å². The molecule has 3 heterocycles. The van der Waals surface area contributed by atoms with Gasteiger partial charge in [0, 0.05) is 0 Å². The molecule has 2 aromatic rings. The van der Waals surface area contributed by atoms with Gasteiger partial charge in [0.05, 0.1) is 6.26 Å². The molecule has 1 N–H and O–H groups in total. The molecular formula is C18H20N4O6. The fourth-order valence-electron chi connectivity index (χ4n) is 3.77. The summed E-state index contributed by atoms with van der Waals surface area (Å²) in [5, 5.41) is 10.4. The number of nitrogens with zero attached hydrogens (tertiary/aromatic N) is 3. The van der Waals surface area contributed by atoms with Crippen LogP contribution in [-0.4, -0.2) is 45.1 Å². The van der Waals surface area contributed by atoms with Crippen LogP contribution >= 0.6 is 0 Å². The minimum absolute atomic E-state index is 0.0251. The Labute approximate surface area is 160 Å². The molecule has 3 amide bonds. The molecule has 0 aromatic carbocycles. The van der Waals surface area contributed by atoms with E-state index in [9.17, 15) is 14.4 Å². The average Bonchev–Trinajstić information content (AvgIpc) is 3.40. The van der Waals surface area contributed by atoms with Crippen molar-refractivity contribution in [1.82, 2.24) is 20.4 Å². The summed E-state index contributed by atoms with van der Waals surface area (Å²) >= 11 is 0. The molecular weight excluding hydrogens is 368 g/mol. The molecule has 4 rings (SSSR count). The Morgan fingerprint density at radius 3 is 3.00 bits per heavy atom. The number of amides is 3. The molecule has 1 spiro atoms. The topological polar surface area (TPSA) is 128 Å². The van der Waals surface area contributed by atoms with Gasteiger partial charge in [-0.15, -0.1) is 10.2 Å². The Bertz CT molecular complexity index is 892. The third-order valence-corrected chi connectivity index (χ3v) is 5.34. The van der Waals surface area contributed by atoms with Crippen LogP contribution in [0.4, 0.5) is 4.79 Å². The number of carbonyl (C=O) groups excluding carboxylic acids is 3. The number of furan rings is 1. The van der Waals surface area contributed by atoms with Gasteiger partial charge in [-0.2, -0.15) is 0 Å². The van der Waals surface area contributed by atoms with Crippen LogP contribution in [0.1, 0.15) is 38.5 Å². The number of urea groups is 1. The first-order chi connectivity index (χ1) is 13.5. The van der Waals surface area contributed by atoms with Crippen LogP contribution in [0.15, 0.2) is 27.2 Å². The number of ether oxygens (including phenoxy) is 1. The van der Waals surface area contributed by atoms with E-state index < -0.39 is 24.1 Å². The van der Waals surface area contributed by atoms with Crippen molar-refractivity contribution in [3.05, 3.63) is 24.3 Å². The maximum Gasteiger partial charge on any atom is 0.326 e. The molecule has 10 nitrogen and oxygen atoms in total. The first-order valence-corrected chi connectivity index (χ1v) is 9.15. The van der Waals surface area contributed by atoms with Crippen molar-refractivity contribution in [1.29, 1.82) is 0 Å². The molecule has 1 aliphatic carbocycles. The molecule has 148 valence electrons. The normalized spacial score (nSPS) is 24.6. The van der Waals surface area contributed by atoms with E-state index in [2.05, 4.69) is 15.5 Å². The number of imide groups is 1. The smallest absolute Gasteiger partial charge is 0.326 e. The largest absolute Gasteiger partial charge is 0.459 e. The quantitative estimate of drug-likeness (QED) is 0.607. The third-order valence-electron chi connectivity index (χ3n) is 5.34. The van der Waals surface area contributed by atoms with Gasteiger partial charge < -0.3 is 18.9 Å². The maximum absolute atomic E-state index is 12.8. The van der Waals surface area contributed by atoms with Gasteiger partial charge in [-0.25, -0.2) is 4.79 Å². The zero-order valence-corrected chi connectivity index (χ0v) is 15.3. The summed E-state index contributed by atoms with van der Waals surface area (Å²) < 4.78 is 15.6. The lowest BCUT2D eigenvalue weighted by Crippen LogP contribution is -2.54. The van der Waals surface area contributed by atoms with Crippen molar-refractivity contribution in [2.75, 3.05) is 6.54 Å². The van der Waals surface area contributed by atoms with E-state index in [1.54, 1.807) is 12.1 Å². The highest BCUT2D eigenvalue weighted by Gasteiger charge is 2.55. The van der Waals surface area contributed by atoms with Gasteiger partial charge in [0.25, 0.3) is 17.7 Å². The Hall–Kier alpha value is -3.17. The molecule has 0 radical (unpaired) electrons. The van der Waals surface area contributed by atoms with Crippen molar-refractivity contribution >= 4 is 17.9 Å². The van der Waals surface area contributed by atoms with Crippen LogP contribution in [0.3, 0.4) is 0 Å². The molecule has 0 unspecified atom stereocenters. The van der Waals surface area contributed by atoms with E-state index in [4.69, 9.17) is 13.6 Å². The van der Waals surface area contributed by atoms with Crippen molar-refractivity contribution < 1.29 is 28.0 Å². The highest BCUT2D eigenvalue weighted by atomic mass is 16.5. The summed E-state index contributed by atoms with van der Waals surface area (Å²) in [6.45, 7) is 1.22. The summed E-state index contributed by atoms with van der Waals surface area (Å²) in [5.41, 5.74) is -0.903. The van der Waals surface area contributed by atoms with E-state index >= 15 is 0 Å². The number of hydrogen-bond donors (Lipinski definition) is 1. The van der Waals surface area contributed by atoms with Crippen molar-refractivity contribution in [3.63, 3.8) is 0 Å². The number of esters is 1. The number of aromatic nitrogens is 2. The zero-order valence-electron chi connectivity index (χ0n) is 15.3. The van der Waals surface area contributed by atoms with Crippen LogP contribution in [0.2, 0.25) is 0 Å². The molecule has 2 aliphatic rings. The summed E-state index contributed by atoms with van der Waals surface area (Å²) in [6.07, 6.45) is 4.81. The summed E-state index contributed by atoms with van der Waals surface area (Å²) in [6, 6.07) is 2.77. The molecule has 2 fully saturated rings. The first-order valence-electron chi connectivity index (χ1n) is 9.15. The average molecular weight is 388 g/mol. The molecule has 28 heavy (non-hydrogen) atoms. The fraction of sp³-hybridized carbons (Fsp3) is 0.500. The Balaban J connectivity index is 1.35. The lowest BCUT2D eigenvalue weighted by Gasteiger charge is -2.36. The molecule has 10 heteroatoms. The van der Waals surface area contributed by atoms with Crippen LogP contribution in [0.25, 0.3) is 11.7 Å². The second-order valence-electron chi connectivity index (χ2n) is 7.08. The van der Waals surface area contributed by atoms with E-state index in [0.717, 1.165) is 24.2 Å². The number of carbonyl (C=O) groups is 3. The standard InChI is InChI=1S/C18H20N4O6/c1-11-5-2-3-7-18(11)16(24)22(17(25)19-18)9-14(23)27-10-13-20-21-15(28-13)12-6-4-8-26-12/h4,6,8,11H,2-3,5,7,9-10H2,1H3,(H,19,25)/t11-,18-/m0/s1. The van der Waals surface area contributed by atoms with Crippen molar-refractivity contribution in [3.8, 4) is 11.7 Å². The van der Waals surface area contributed by atoms with Crippen LogP contribution in [-0.2, 0) is 20.9 Å². The predicted octanol–water partition coefficient (Wildman–Crippen LogP) is 1.87. The summed E-state index contributed by atoms with van der Waals surface area (Å²) in [4.78, 5) is 38.2. The van der Waals surface area contributed by atoms with Crippen LogP contribution in [0, 0.1) is 5.92 Å². The molecule has 1 saturated carbocycles. The molecule has 1 saturated heterocycles. The SMILES string of the molecule is C[C@H]1CCCC[C@]12NC(=O)N(CC(=O)OCc1nnc(-c3ccco3)o1)C2=O. The maximum atomic E-state index is 12.8. The van der Waals surface area contributed by atoms with E-state index in [0.29, 0.717) is 12.2 Å². The van der Waals surface area contributed by atoms with Crippen molar-refractivity contribution in [2.45, 2.75) is 44.8 Å². The summed E-state index contributed by atoms with van der Waals surface area (Å²) in [7, 11) is 0. The van der Waals surface area contributed by atoms with Gasteiger partial charge in [-0.05, 0) is 30.9 Å². The predicted molar refractivity (Wildman–Crippen MR) is 92.4 cm³/mol. The monoisotopic (exact) mass is 388 g/mol. The Morgan fingerprint density at radius 2 is 2.25 bits per heavy atom. The number of rotatable bonds is 5. The summed E-state index contributed by atoms with van der Waals surface area (Å²) in [5.74, 6) is -0.428. The van der Waals surface area contributed by atoms with Gasteiger partial charge in [-0.1, -0.05) is 19.8 Å². The minimum Gasteiger partial charge on any atom is -0.459 e. The van der Waals surface area contributed by atoms with E-state index in [-0.39, 0.29) is 30.2 Å². The first kappa shape index (κ1) is 18.2. The van der Waals surface area contributed by atoms with Gasteiger partial charge in [-0.3, -0.25) is 14.5 Å². The fourth-order valence-corrected chi connectivity index (χ4v) is 3.77. The van der Waals surface area contributed by atoms with Gasteiger partial charge in [0.2, 0.25) is 0 Å². The minimum atomic E-state index is -0.903. The molecule has 1 aliphatic heterocycles. The highest BCUT2D eigenvalue weighted by molar-refractivity contribution is 6.08. The second-order valence-corrected chi connectivity index (χ2v) is 7.08. The lowest BCUT2D eigenvalue weighted by atomic mass is 9.73. The lowest BCUT2D eigenvalue weighted by molar-refractivity contribution is -0.150. The van der Waals surface area contributed by atoms with Crippen molar-refractivity contribution in [2.24, 2.45) is 5.92 Å². The Kier molecular flexibility index (Phi) is 4.62. The zero-order chi connectivity index (χ0) is 19.7. The highest BCUT2D eigenvalue weighted by Crippen LogP contribution is 2.38. The third kappa shape index (κ3) is 3.14. The Morgan fingerprint density at radius 1 is 1.39 bits per heavy atom. The van der Waals surface area contributed by atoms with Gasteiger partial charge in [0.15, 0.2) is 12.4 Å². The second kappa shape index (κ2) is 7.10. The number of hydrogen-bond acceptors (Lipinski definition) is 8. The van der Waals surface area contributed by atoms with Crippen LogP contribution in [0.5, 0.6) is 0 Å². The van der Waals surface area contributed by atoms with E-state index in [1.165, 1.54) is 6.26 Å². The number of nitrogens with one attached hydrogen (secondary N) is 1. The molecule has 2 aromatic heterocycles. The van der Waals surface area contributed by atoms with E-state index in [1.807, 2.05) is 6.92 Å². The molecule has 2 atom stereocenters. The molecule has 0 bridgehead atoms.